The van der Waals surface area contributed by atoms with Crippen LogP contribution in [-0.4, -0.2) is 11.2 Å². The van der Waals surface area contributed by atoms with Gasteiger partial charge >= 0.3 is 6.18 Å². The largest absolute Gasteiger partial charge is 0.393 e. The molecule has 0 saturated heterocycles. The van der Waals surface area contributed by atoms with Crippen LogP contribution < -0.4 is 5.32 Å². The van der Waals surface area contributed by atoms with Gasteiger partial charge in [0.1, 0.15) is 6.07 Å². The second kappa shape index (κ2) is 5.83. The van der Waals surface area contributed by atoms with Gasteiger partial charge in [-0.05, 0) is 36.8 Å². The number of hydrogen-bond acceptors (Lipinski definition) is 3. The van der Waals surface area contributed by atoms with Crippen molar-refractivity contribution in [3.63, 3.8) is 0 Å². The molecule has 0 fully saturated rings. The molecule has 0 bridgehead atoms. The predicted octanol–water partition coefficient (Wildman–Crippen LogP) is 4.11. The third-order valence-corrected chi connectivity index (χ3v) is 2.89. The van der Waals surface area contributed by atoms with Crippen molar-refractivity contribution in [1.82, 2.24) is 4.98 Å². The second-order valence-electron chi connectivity index (χ2n) is 4.55. The van der Waals surface area contributed by atoms with Gasteiger partial charge in [-0.15, -0.1) is 0 Å². The van der Waals surface area contributed by atoms with Crippen LogP contribution in [-0.2, 0) is 6.42 Å². The summed E-state index contributed by atoms with van der Waals surface area (Å²) in [4.78, 5) is 4.09. The zero-order valence-electron chi connectivity index (χ0n) is 11.2. The average molecular weight is 291 g/mol. The third kappa shape index (κ3) is 3.96. The molecule has 0 amide bonds. The number of rotatable bonds is 3. The van der Waals surface area contributed by atoms with Crippen molar-refractivity contribution in [3.05, 3.63) is 53.3 Å². The Labute approximate surface area is 120 Å². The maximum absolute atomic E-state index is 12.5. The number of hydrogen-bond donors (Lipinski definition) is 1. The van der Waals surface area contributed by atoms with Gasteiger partial charge in [0.15, 0.2) is 0 Å². The van der Waals surface area contributed by atoms with E-state index in [9.17, 15) is 13.2 Å². The molecule has 0 spiro atoms. The molecule has 108 valence electrons. The quantitative estimate of drug-likeness (QED) is 0.925. The Hall–Kier alpha value is -2.55. The fraction of sp³-hybridized carbons (Fsp3) is 0.200. The highest BCUT2D eigenvalue weighted by Gasteiger charge is 2.27. The van der Waals surface area contributed by atoms with Crippen LogP contribution in [0.2, 0.25) is 0 Å². The molecule has 0 atom stereocenters. The molecule has 0 aliphatic rings. The summed E-state index contributed by atoms with van der Waals surface area (Å²) in [6, 6.07) is 9.46. The van der Waals surface area contributed by atoms with Crippen molar-refractivity contribution in [2.24, 2.45) is 0 Å². The van der Waals surface area contributed by atoms with Gasteiger partial charge in [-0.25, -0.2) is 0 Å². The van der Waals surface area contributed by atoms with Gasteiger partial charge < -0.3 is 5.32 Å². The molecule has 1 aromatic carbocycles. The fourth-order valence-corrected chi connectivity index (χ4v) is 1.90. The van der Waals surface area contributed by atoms with E-state index in [1.54, 1.807) is 25.3 Å². The summed E-state index contributed by atoms with van der Waals surface area (Å²) in [5.74, 6) is 0. The third-order valence-electron chi connectivity index (χ3n) is 2.89. The summed E-state index contributed by atoms with van der Waals surface area (Å²) in [7, 11) is 0. The van der Waals surface area contributed by atoms with E-state index >= 15 is 0 Å². The van der Waals surface area contributed by atoms with Gasteiger partial charge in [0, 0.05) is 6.20 Å². The Morgan fingerprint density at radius 1 is 1.24 bits per heavy atom. The molecule has 2 rings (SSSR count). The summed E-state index contributed by atoms with van der Waals surface area (Å²) in [6.07, 6.45) is -3.69. The van der Waals surface area contributed by atoms with Crippen molar-refractivity contribution in [2.45, 2.75) is 19.5 Å². The second-order valence-corrected chi connectivity index (χ2v) is 4.55. The molecule has 3 nitrogen and oxygen atoms in total. The normalized spacial score (nSPS) is 11.0. The van der Waals surface area contributed by atoms with Crippen LogP contribution in [0.4, 0.5) is 24.5 Å². The molecule has 1 aromatic heterocycles. The highest BCUT2D eigenvalue weighted by Crippen LogP contribution is 2.27. The monoisotopic (exact) mass is 291 g/mol. The number of nitrogens with zero attached hydrogens (tertiary/aromatic N) is 2. The lowest BCUT2D eigenvalue weighted by Gasteiger charge is -2.13. The Morgan fingerprint density at radius 3 is 2.62 bits per heavy atom. The van der Waals surface area contributed by atoms with Crippen LogP contribution in [0.1, 0.15) is 16.8 Å². The maximum atomic E-state index is 12.5. The van der Waals surface area contributed by atoms with Gasteiger partial charge in [0.05, 0.1) is 29.1 Å². The lowest BCUT2D eigenvalue weighted by Crippen LogP contribution is -2.11. The van der Waals surface area contributed by atoms with Gasteiger partial charge in [0.2, 0.25) is 0 Å². The molecule has 1 N–H and O–H groups in total. The van der Waals surface area contributed by atoms with Gasteiger partial charge in [-0.2, -0.15) is 18.4 Å². The van der Waals surface area contributed by atoms with Crippen molar-refractivity contribution in [1.29, 1.82) is 5.26 Å². The Balaban J connectivity index is 2.35. The minimum Gasteiger partial charge on any atom is -0.353 e. The molecule has 0 unspecified atom stereocenters. The number of halogens is 3. The van der Waals surface area contributed by atoms with Crippen LogP contribution in [0, 0.1) is 18.3 Å². The minimum absolute atomic E-state index is 0.102. The minimum atomic E-state index is -4.28. The Morgan fingerprint density at radius 2 is 2.00 bits per heavy atom. The first kappa shape index (κ1) is 14.9. The van der Waals surface area contributed by atoms with E-state index in [1.807, 2.05) is 6.07 Å². The topological polar surface area (TPSA) is 48.7 Å². The van der Waals surface area contributed by atoms with Crippen molar-refractivity contribution in [3.8, 4) is 6.07 Å². The molecule has 0 aliphatic carbocycles. The number of benzene rings is 1. The number of anilines is 2. The van der Waals surface area contributed by atoms with Crippen LogP contribution in [0.25, 0.3) is 0 Å². The molecule has 0 saturated carbocycles. The maximum Gasteiger partial charge on any atom is 0.393 e. The van der Waals surface area contributed by atoms with E-state index in [1.165, 1.54) is 18.2 Å². The van der Waals surface area contributed by atoms with Crippen molar-refractivity contribution < 1.29 is 13.2 Å². The van der Waals surface area contributed by atoms with Crippen LogP contribution in [0.5, 0.6) is 0 Å². The van der Waals surface area contributed by atoms with E-state index in [0.29, 0.717) is 17.1 Å². The van der Waals surface area contributed by atoms with Gasteiger partial charge in [-0.3, -0.25) is 4.98 Å². The highest BCUT2D eigenvalue weighted by molar-refractivity contribution is 5.68. The number of nitriles is 1. The Kier molecular flexibility index (Phi) is 4.13. The molecule has 2 aromatic rings. The zero-order valence-corrected chi connectivity index (χ0v) is 11.2. The first-order valence-electron chi connectivity index (χ1n) is 6.17. The number of nitrogens with one attached hydrogen (secondary N) is 1. The van der Waals surface area contributed by atoms with E-state index in [2.05, 4.69) is 10.3 Å². The smallest absolute Gasteiger partial charge is 0.353 e. The van der Waals surface area contributed by atoms with E-state index in [0.717, 1.165) is 0 Å². The zero-order chi connectivity index (χ0) is 15.5. The average Bonchev–Trinajstić information content (AvgIpc) is 2.40. The van der Waals surface area contributed by atoms with Crippen molar-refractivity contribution >= 4 is 11.4 Å². The number of alkyl halides is 3. The first-order valence-corrected chi connectivity index (χ1v) is 6.17. The Bertz CT molecular complexity index is 687. The van der Waals surface area contributed by atoms with Crippen LogP contribution in [0.3, 0.4) is 0 Å². The number of pyridine rings is 1. The lowest BCUT2D eigenvalue weighted by molar-refractivity contribution is -0.127. The highest BCUT2D eigenvalue weighted by atomic mass is 19.4. The summed E-state index contributed by atoms with van der Waals surface area (Å²) < 4.78 is 37.4. The molecule has 0 aliphatic heterocycles. The summed E-state index contributed by atoms with van der Waals surface area (Å²) in [5, 5.41) is 12.0. The number of aromatic nitrogens is 1. The van der Waals surface area contributed by atoms with E-state index in [-0.39, 0.29) is 11.1 Å². The lowest BCUT2D eigenvalue weighted by atomic mass is 10.1. The molecular formula is C15H12F3N3. The molecular weight excluding hydrogens is 279 g/mol. The standard InChI is InChI=1S/C15H12F3N3/c1-10-13(3-2-6-20-10)21-14-7-11(8-15(16,17)18)4-5-12(14)9-19/h2-7,21H,8H2,1H3. The van der Waals surface area contributed by atoms with Gasteiger partial charge in [0.25, 0.3) is 0 Å². The number of aryl methyl sites for hydroxylation is 1. The molecule has 21 heavy (non-hydrogen) atoms. The summed E-state index contributed by atoms with van der Waals surface area (Å²) >= 11 is 0. The molecule has 6 heteroatoms. The van der Waals surface area contributed by atoms with Crippen molar-refractivity contribution in [2.75, 3.05) is 5.32 Å². The van der Waals surface area contributed by atoms with E-state index < -0.39 is 12.6 Å². The summed E-state index contributed by atoms with van der Waals surface area (Å²) in [6.45, 7) is 1.77. The van der Waals surface area contributed by atoms with Gasteiger partial charge in [-0.1, -0.05) is 6.07 Å². The van der Waals surface area contributed by atoms with Crippen LogP contribution >= 0.6 is 0 Å². The van der Waals surface area contributed by atoms with E-state index in [4.69, 9.17) is 5.26 Å². The molecule has 0 radical (unpaired) electrons. The first-order chi connectivity index (χ1) is 9.89. The fourth-order valence-electron chi connectivity index (χ4n) is 1.90. The van der Waals surface area contributed by atoms with Crippen LogP contribution in [0.15, 0.2) is 36.5 Å². The predicted molar refractivity (Wildman–Crippen MR) is 73.2 cm³/mol. The molecule has 1 heterocycles. The summed E-state index contributed by atoms with van der Waals surface area (Å²) in [5.41, 5.74) is 2.07. The SMILES string of the molecule is Cc1ncccc1Nc1cc(CC(F)(F)F)ccc1C#N.